The third-order valence-electron chi connectivity index (χ3n) is 0. The second-order valence-electron chi connectivity index (χ2n) is 0.808. The number of hydrogen-bond acceptors (Lipinski definition) is 0. The van der Waals surface area contributed by atoms with E-state index in [1.165, 1.54) is 6.42 Å². The third-order valence-corrected chi connectivity index (χ3v) is 0. The Morgan fingerprint density at radius 2 is 1.33 bits per heavy atom. The molecule has 40 valence electrons. The second-order valence-corrected chi connectivity index (χ2v) is 14.3. The largest absolute Gasteiger partial charge is 0.162 e. The molecule has 0 saturated carbocycles. The highest BCUT2D eigenvalue weighted by atomic mass is 127. The fourth-order valence-electron chi connectivity index (χ4n) is 0. The smallest absolute Gasteiger partial charge is 0.114 e. The van der Waals surface area contributed by atoms with E-state index in [4.69, 9.17) is 0 Å². The highest BCUT2D eigenvalue weighted by Gasteiger charge is 1.45. The number of rotatable bonds is 0. The lowest BCUT2D eigenvalue weighted by molar-refractivity contribution is 1.09. The molecule has 0 aliphatic heterocycles. The van der Waals surface area contributed by atoms with Crippen molar-refractivity contribution in [3.63, 3.8) is 0 Å². The van der Waals surface area contributed by atoms with E-state index in [0.29, 0.717) is 4.51 Å². The molecule has 0 atom stereocenters. The van der Waals surface area contributed by atoms with Crippen LogP contribution in [0, 0.1) is 0 Å². The monoisotopic (exact) mass is 328 g/mol. The maximum absolute atomic E-state index is 2.41. The van der Waals surface area contributed by atoms with Gasteiger partial charge in [-0.1, -0.05) is 20.3 Å². The predicted molar refractivity (Wildman–Crippen MR) is 52.5 cm³/mol. The van der Waals surface area contributed by atoms with Crippen molar-refractivity contribution in [1.82, 2.24) is 0 Å². The molecule has 0 N–H and O–H groups in total. The van der Waals surface area contributed by atoms with Gasteiger partial charge in [0.15, 0.2) is 4.51 Å². The molecule has 0 amide bonds. The Kier molecular flexibility index (Phi) is 28.2. The topological polar surface area (TPSA) is 0 Å². The van der Waals surface area contributed by atoms with Crippen molar-refractivity contribution in [2.24, 2.45) is 0 Å². The lowest BCUT2D eigenvalue weighted by Gasteiger charge is -1.48. The molecular weight excluding hydrogens is 318 g/mol. The number of hydrogen-bond donors (Lipinski definition) is 0. The standard InChI is InChI=1S/C3H8.H2I2Si/c2*1-3-2/h3H2,1-2H3;3H2. The fraction of sp³-hybridized carbons (Fsp3) is 1.00. The molecule has 0 saturated heterocycles. The van der Waals surface area contributed by atoms with Gasteiger partial charge in [-0.05, 0) is 0 Å². The van der Waals surface area contributed by atoms with Gasteiger partial charge in [-0.2, -0.15) is 0 Å². The lowest BCUT2D eigenvalue weighted by Crippen LogP contribution is -1.30. The highest BCUT2D eigenvalue weighted by molar-refractivity contribution is 14.3. The van der Waals surface area contributed by atoms with Crippen LogP contribution in [0.15, 0.2) is 0 Å². The van der Waals surface area contributed by atoms with Gasteiger partial charge in [0.2, 0.25) is 0 Å². The lowest BCUT2D eigenvalue weighted by atomic mass is 10.6. The maximum Gasteiger partial charge on any atom is 0.162 e. The minimum Gasteiger partial charge on any atom is -0.114 e. The van der Waals surface area contributed by atoms with Crippen molar-refractivity contribution >= 4 is 48.1 Å². The summed E-state index contributed by atoms with van der Waals surface area (Å²) in [4.78, 5) is 0. The molecule has 0 rings (SSSR count). The van der Waals surface area contributed by atoms with Crippen molar-refractivity contribution in [1.29, 1.82) is 0 Å². The summed E-state index contributed by atoms with van der Waals surface area (Å²) in [5, 5.41) is 0. The average molecular weight is 328 g/mol. The molecule has 0 radical (unpaired) electrons. The van der Waals surface area contributed by atoms with Gasteiger partial charge in [0.05, 0.1) is 0 Å². The molecule has 0 nitrogen and oxygen atoms in total. The molecule has 0 bridgehead atoms. The molecule has 0 spiro atoms. The van der Waals surface area contributed by atoms with Gasteiger partial charge in [-0.3, -0.25) is 0 Å². The molecule has 3 heteroatoms. The first-order valence-electron chi connectivity index (χ1n) is 1.95. The van der Waals surface area contributed by atoms with Crippen LogP contribution >= 0.6 is 43.6 Å². The fourth-order valence-corrected chi connectivity index (χ4v) is 0. The quantitative estimate of drug-likeness (QED) is 0.364. The summed E-state index contributed by atoms with van der Waals surface area (Å²) in [6.07, 6.45) is 1.25. The van der Waals surface area contributed by atoms with Crippen LogP contribution in [0.1, 0.15) is 20.3 Å². The Morgan fingerprint density at radius 1 is 1.33 bits per heavy atom. The highest BCUT2D eigenvalue weighted by Crippen LogP contribution is 1.80. The van der Waals surface area contributed by atoms with Crippen LogP contribution < -0.4 is 0 Å². The number of halogens is 2. The van der Waals surface area contributed by atoms with Gasteiger partial charge in [-0.15, -0.1) is 43.6 Å². The molecule has 0 unspecified atom stereocenters. The van der Waals surface area contributed by atoms with Gasteiger partial charge in [0, 0.05) is 0 Å². The van der Waals surface area contributed by atoms with Crippen LogP contribution in [-0.2, 0) is 0 Å². The second kappa shape index (κ2) is 15.9. The first kappa shape index (κ1) is 10.6. The molecule has 0 heterocycles. The SMILES string of the molecule is CCC.I[SiH2]I. The van der Waals surface area contributed by atoms with Crippen molar-refractivity contribution in [3.05, 3.63) is 0 Å². The summed E-state index contributed by atoms with van der Waals surface area (Å²) in [7, 11) is 0. The first-order chi connectivity index (χ1) is 2.83. The average Bonchev–Trinajstić information content (AvgIpc) is 1.39. The Hall–Kier alpha value is 1.68. The van der Waals surface area contributed by atoms with Crippen LogP contribution in [-0.4, -0.2) is 4.51 Å². The van der Waals surface area contributed by atoms with Crippen LogP contribution in [0.4, 0.5) is 0 Å². The van der Waals surface area contributed by atoms with Crippen LogP contribution in [0.25, 0.3) is 0 Å². The van der Waals surface area contributed by atoms with E-state index in [9.17, 15) is 0 Å². The minimum atomic E-state index is 0.357. The zero-order chi connectivity index (χ0) is 5.41. The van der Waals surface area contributed by atoms with Crippen molar-refractivity contribution in [3.8, 4) is 0 Å². The predicted octanol–water partition coefficient (Wildman–Crippen LogP) is 2.27. The Bertz CT molecular complexity index is 10.8. The molecule has 0 aromatic heterocycles. The normalized spacial score (nSPS) is 6.00. The van der Waals surface area contributed by atoms with Gasteiger partial charge >= 0.3 is 0 Å². The van der Waals surface area contributed by atoms with E-state index in [1.807, 2.05) is 0 Å². The van der Waals surface area contributed by atoms with E-state index in [2.05, 4.69) is 57.4 Å². The van der Waals surface area contributed by atoms with Gasteiger partial charge < -0.3 is 0 Å². The first-order valence-corrected chi connectivity index (χ1v) is 12.2. The van der Waals surface area contributed by atoms with Gasteiger partial charge in [0.1, 0.15) is 0 Å². The molecule has 0 fully saturated rings. The minimum absolute atomic E-state index is 0.357. The van der Waals surface area contributed by atoms with Crippen LogP contribution in [0.2, 0.25) is 0 Å². The molecule has 0 aromatic carbocycles. The summed E-state index contributed by atoms with van der Waals surface area (Å²) in [5.74, 6) is 0. The van der Waals surface area contributed by atoms with Gasteiger partial charge in [-0.25, -0.2) is 0 Å². The Balaban J connectivity index is 0. The van der Waals surface area contributed by atoms with E-state index in [-0.39, 0.29) is 0 Å². The van der Waals surface area contributed by atoms with Crippen LogP contribution in [0.5, 0.6) is 0 Å². The summed E-state index contributed by atoms with van der Waals surface area (Å²) in [6, 6.07) is 0. The van der Waals surface area contributed by atoms with E-state index >= 15 is 0 Å². The molecule has 0 aliphatic carbocycles. The molecule has 0 aliphatic rings. The van der Waals surface area contributed by atoms with Crippen LogP contribution in [0.3, 0.4) is 0 Å². The van der Waals surface area contributed by atoms with Crippen molar-refractivity contribution in [2.45, 2.75) is 20.3 Å². The van der Waals surface area contributed by atoms with Crippen molar-refractivity contribution in [2.75, 3.05) is 0 Å². The third kappa shape index (κ3) is 44.2. The Labute approximate surface area is 67.7 Å². The summed E-state index contributed by atoms with van der Waals surface area (Å²) < 4.78 is 0.357. The summed E-state index contributed by atoms with van der Waals surface area (Å²) >= 11 is 4.83. The summed E-state index contributed by atoms with van der Waals surface area (Å²) in [5.41, 5.74) is 0. The van der Waals surface area contributed by atoms with Gasteiger partial charge in [0.25, 0.3) is 0 Å². The Morgan fingerprint density at radius 3 is 1.33 bits per heavy atom. The zero-order valence-electron chi connectivity index (χ0n) is 4.17. The van der Waals surface area contributed by atoms with E-state index < -0.39 is 0 Å². The maximum atomic E-state index is 2.41. The molecular formula is C3H10I2Si. The van der Waals surface area contributed by atoms with E-state index in [1.54, 1.807) is 0 Å². The summed E-state index contributed by atoms with van der Waals surface area (Å²) in [6.45, 7) is 4.25. The van der Waals surface area contributed by atoms with E-state index in [0.717, 1.165) is 0 Å². The molecule has 0 aromatic rings. The molecule has 6 heavy (non-hydrogen) atoms. The zero-order valence-corrected chi connectivity index (χ0v) is 9.90. The van der Waals surface area contributed by atoms with Crippen molar-refractivity contribution < 1.29 is 0 Å².